The van der Waals surface area contributed by atoms with Crippen LogP contribution in [0.15, 0.2) is 0 Å². The number of nitrogens with two attached hydrogens (primary N) is 1. The van der Waals surface area contributed by atoms with E-state index in [9.17, 15) is 9.59 Å². The molecule has 6 nitrogen and oxygen atoms in total. The molecular weight excluding hydrogens is 246 g/mol. The second kappa shape index (κ2) is 7.45. The average Bonchev–Trinajstić information content (AvgIpc) is 2.80. The lowest BCUT2D eigenvalue weighted by molar-refractivity contribution is -0.131. The number of hydrogen-bond acceptors (Lipinski definition) is 4. The predicted octanol–water partition coefficient (Wildman–Crippen LogP) is -0.373. The van der Waals surface area contributed by atoms with Gasteiger partial charge >= 0.3 is 0 Å². The van der Waals surface area contributed by atoms with Crippen LogP contribution < -0.4 is 16.4 Å². The number of hydrogen-bond donors (Lipinski definition) is 3. The smallest absolute Gasteiger partial charge is 0.240 e. The fourth-order valence-corrected chi connectivity index (χ4v) is 2.17. The molecule has 0 aromatic rings. The van der Waals surface area contributed by atoms with Crippen molar-refractivity contribution >= 4 is 11.8 Å². The molecule has 0 aromatic carbocycles. The number of primary amides is 1. The molecule has 0 radical (unpaired) electrons. The Kier molecular flexibility index (Phi) is 6.24. The highest BCUT2D eigenvalue weighted by Crippen LogP contribution is 2.15. The summed E-state index contributed by atoms with van der Waals surface area (Å²) < 4.78 is 5.35. The van der Waals surface area contributed by atoms with Crippen LogP contribution >= 0.6 is 0 Å². The Bertz CT molecular complexity index is 320. The van der Waals surface area contributed by atoms with Gasteiger partial charge in [-0.3, -0.25) is 9.59 Å². The summed E-state index contributed by atoms with van der Waals surface area (Å²) in [6, 6.07) is -0.611. The summed E-state index contributed by atoms with van der Waals surface area (Å²) in [4.78, 5) is 23.5. The maximum atomic E-state index is 12.2. The van der Waals surface area contributed by atoms with Gasteiger partial charge in [-0.1, -0.05) is 20.8 Å². The van der Waals surface area contributed by atoms with Gasteiger partial charge in [-0.05, 0) is 18.9 Å². The molecule has 1 heterocycles. The Balaban J connectivity index is 2.58. The van der Waals surface area contributed by atoms with Gasteiger partial charge in [0.2, 0.25) is 11.8 Å². The first-order valence-electron chi connectivity index (χ1n) is 6.88. The van der Waals surface area contributed by atoms with Crippen molar-refractivity contribution in [1.82, 2.24) is 10.6 Å². The quantitative estimate of drug-likeness (QED) is 0.589. The summed E-state index contributed by atoms with van der Waals surface area (Å²) in [5.74, 6) is -0.943. The van der Waals surface area contributed by atoms with Crippen molar-refractivity contribution in [2.75, 3.05) is 19.8 Å². The van der Waals surface area contributed by atoms with Crippen LogP contribution in [0.5, 0.6) is 0 Å². The molecule has 0 saturated carbocycles. The molecule has 3 atom stereocenters. The van der Waals surface area contributed by atoms with E-state index in [4.69, 9.17) is 10.5 Å². The standard InChI is InChI=1S/C13H25N3O3/c1-4-5-15-10-7-19-6-9(10)13(18)16-11(8(2)3)12(14)17/h8-11,15H,4-7H2,1-3H3,(H2,14,17)(H,16,18). The van der Waals surface area contributed by atoms with Crippen LogP contribution in [0.1, 0.15) is 27.2 Å². The van der Waals surface area contributed by atoms with Crippen molar-refractivity contribution in [2.45, 2.75) is 39.3 Å². The third kappa shape index (κ3) is 4.47. The summed E-state index contributed by atoms with van der Waals surface area (Å²) in [7, 11) is 0. The van der Waals surface area contributed by atoms with Gasteiger partial charge in [0.25, 0.3) is 0 Å². The van der Waals surface area contributed by atoms with E-state index in [-0.39, 0.29) is 23.8 Å². The van der Waals surface area contributed by atoms with E-state index in [0.29, 0.717) is 13.2 Å². The Morgan fingerprint density at radius 1 is 1.37 bits per heavy atom. The van der Waals surface area contributed by atoms with Crippen molar-refractivity contribution in [1.29, 1.82) is 0 Å². The third-order valence-electron chi connectivity index (χ3n) is 3.34. The molecule has 0 spiro atoms. The Morgan fingerprint density at radius 3 is 2.58 bits per heavy atom. The van der Waals surface area contributed by atoms with Crippen molar-refractivity contribution in [3.8, 4) is 0 Å². The predicted molar refractivity (Wildman–Crippen MR) is 72.4 cm³/mol. The Morgan fingerprint density at radius 2 is 2.05 bits per heavy atom. The summed E-state index contributed by atoms with van der Waals surface area (Å²) in [6.45, 7) is 7.54. The normalized spacial score (nSPS) is 24.4. The second-order valence-electron chi connectivity index (χ2n) is 5.34. The number of carbonyl (C=O) groups is 2. The van der Waals surface area contributed by atoms with Gasteiger partial charge < -0.3 is 21.1 Å². The van der Waals surface area contributed by atoms with Gasteiger partial charge in [-0.2, -0.15) is 0 Å². The minimum absolute atomic E-state index is 0.0145. The second-order valence-corrected chi connectivity index (χ2v) is 5.34. The SMILES string of the molecule is CCCNC1COCC1C(=O)NC(C(N)=O)C(C)C. The molecule has 4 N–H and O–H groups in total. The van der Waals surface area contributed by atoms with Gasteiger partial charge in [-0.25, -0.2) is 0 Å². The molecule has 1 aliphatic heterocycles. The van der Waals surface area contributed by atoms with Gasteiger partial charge in [0, 0.05) is 6.04 Å². The topological polar surface area (TPSA) is 93.4 Å². The van der Waals surface area contributed by atoms with Gasteiger partial charge in [0.15, 0.2) is 0 Å². The minimum atomic E-state index is -0.625. The molecule has 1 aliphatic rings. The summed E-state index contributed by atoms with van der Waals surface area (Å²) in [6.07, 6.45) is 1.00. The van der Waals surface area contributed by atoms with Gasteiger partial charge in [-0.15, -0.1) is 0 Å². The molecule has 1 rings (SSSR count). The number of nitrogens with one attached hydrogen (secondary N) is 2. The van der Waals surface area contributed by atoms with E-state index >= 15 is 0 Å². The highest BCUT2D eigenvalue weighted by atomic mass is 16.5. The van der Waals surface area contributed by atoms with E-state index in [2.05, 4.69) is 17.6 Å². The number of ether oxygens (including phenoxy) is 1. The first kappa shape index (κ1) is 15.9. The molecule has 19 heavy (non-hydrogen) atoms. The minimum Gasteiger partial charge on any atom is -0.379 e. The molecule has 1 saturated heterocycles. The van der Waals surface area contributed by atoms with Crippen LogP contribution in [-0.4, -0.2) is 43.7 Å². The summed E-state index contributed by atoms with van der Waals surface area (Å²) in [5.41, 5.74) is 5.30. The lowest BCUT2D eigenvalue weighted by Gasteiger charge is -2.23. The Labute approximate surface area is 114 Å². The third-order valence-corrected chi connectivity index (χ3v) is 3.34. The number of amides is 2. The van der Waals surface area contributed by atoms with Gasteiger partial charge in [0.1, 0.15) is 6.04 Å². The van der Waals surface area contributed by atoms with Gasteiger partial charge in [0.05, 0.1) is 19.1 Å². The molecule has 0 bridgehead atoms. The summed E-state index contributed by atoms with van der Waals surface area (Å²) >= 11 is 0. The molecule has 0 aliphatic carbocycles. The molecule has 0 aromatic heterocycles. The van der Waals surface area contributed by atoms with E-state index in [1.165, 1.54) is 0 Å². The van der Waals surface area contributed by atoms with Crippen LogP contribution in [0.25, 0.3) is 0 Å². The van der Waals surface area contributed by atoms with Crippen LogP contribution in [0.2, 0.25) is 0 Å². The lowest BCUT2D eigenvalue weighted by Crippen LogP contribution is -2.52. The first-order chi connectivity index (χ1) is 8.97. The molecular formula is C13H25N3O3. The zero-order valence-corrected chi connectivity index (χ0v) is 11.9. The van der Waals surface area contributed by atoms with Crippen LogP contribution in [-0.2, 0) is 14.3 Å². The van der Waals surface area contributed by atoms with E-state index < -0.39 is 11.9 Å². The monoisotopic (exact) mass is 271 g/mol. The zero-order valence-electron chi connectivity index (χ0n) is 11.9. The maximum absolute atomic E-state index is 12.2. The van der Waals surface area contributed by atoms with E-state index in [1.54, 1.807) is 0 Å². The molecule has 6 heteroatoms. The largest absolute Gasteiger partial charge is 0.379 e. The maximum Gasteiger partial charge on any atom is 0.240 e. The molecule has 110 valence electrons. The zero-order chi connectivity index (χ0) is 14.4. The van der Waals surface area contributed by atoms with Crippen molar-refractivity contribution in [3.05, 3.63) is 0 Å². The first-order valence-corrected chi connectivity index (χ1v) is 6.88. The van der Waals surface area contributed by atoms with E-state index in [0.717, 1.165) is 13.0 Å². The van der Waals surface area contributed by atoms with Crippen LogP contribution in [0.4, 0.5) is 0 Å². The van der Waals surface area contributed by atoms with E-state index in [1.807, 2.05) is 13.8 Å². The fraction of sp³-hybridized carbons (Fsp3) is 0.846. The van der Waals surface area contributed by atoms with Crippen LogP contribution in [0.3, 0.4) is 0 Å². The average molecular weight is 271 g/mol. The summed E-state index contributed by atoms with van der Waals surface area (Å²) in [5, 5.41) is 6.02. The number of carbonyl (C=O) groups excluding carboxylic acids is 2. The molecule has 2 amide bonds. The highest BCUT2D eigenvalue weighted by Gasteiger charge is 2.35. The van der Waals surface area contributed by atoms with Crippen molar-refractivity contribution < 1.29 is 14.3 Å². The number of rotatable bonds is 7. The fourth-order valence-electron chi connectivity index (χ4n) is 2.17. The van der Waals surface area contributed by atoms with Crippen molar-refractivity contribution in [3.63, 3.8) is 0 Å². The van der Waals surface area contributed by atoms with Crippen LogP contribution in [0, 0.1) is 11.8 Å². The lowest BCUT2D eigenvalue weighted by atomic mass is 9.99. The highest BCUT2D eigenvalue weighted by molar-refractivity contribution is 5.88. The molecule has 1 fully saturated rings. The molecule has 3 unspecified atom stereocenters. The van der Waals surface area contributed by atoms with Crippen molar-refractivity contribution in [2.24, 2.45) is 17.6 Å². The Hall–Kier alpha value is -1.14.